The topological polar surface area (TPSA) is 195 Å². The Morgan fingerprint density at radius 1 is 1.12 bits per heavy atom. The maximum Gasteiger partial charge on any atom is 0.202 e. The average Bonchev–Trinajstić information content (AvgIpc) is 2.92. The molecule has 0 radical (unpaired) electrons. The van der Waals surface area contributed by atoms with E-state index in [0.717, 1.165) is 0 Å². The van der Waals surface area contributed by atoms with E-state index in [2.05, 4.69) is 0 Å². The Labute approximate surface area is 229 Å². The van der Waals surface area contributed by atoms with Crippen LogP contribution in [-0.2, 0) is 25.4 Å². The van der Waals surface area contributed by atoms with Crippen LogP contribution in [0.25, 0.3) is 0 Å². The van der Waals surface area contributed by atoms with Gasteiger partial charge in [0.15, 0.2) is 17.9 Å². The molecule has 40 heavy (non-hydrogen) atoms. The zero-order chi connectivity index (χ0) is 29.1. The van der Waals surface area contributed by atoms with Gasteiger partial charge in [0.05, 0.1) is 42.1 Å². The van der Waals surface area contributed by atoms with E-state index in [1.165, 1.54) is 32.4 Å². The number of carbonyl (C=O) groups excluding carboxylic acids is 3. The highest BCUT2D eigenvalue weighted by Crippen LogP contribution is 2.52. The molecule has 12 nitrogen and oxygen atoms in total. The number of ketones is 3. The van der Waals surface area contributed by atoms with Crippen LogP contribution in [0.5, 0.6) is 17.2 Å². The SMILES string of the molecule is COc1cccc2c1C(=O)c1c(O)c3c(c(O)c1C2=O)C[C@@](O)(C(=O)CO)C[C@@H]3O[C@H]1C[C@@H](N)C(OC)C(C)O1. The fourth-order valence-corrected chi connectivity index (χ4v) is 6.11. The zero-order valence-electron chi connectivity index (χ0n) is 22.2. The van der Waals surface area contributed by atoms with Gasteiger partial charge in [-0.25, -0.2) is 0 Å². The van der Waals surface area contributed by atoms with Gasteiger partial charge in [-0.3, -0.25) is 14.4 Å². The van der Waals surface area contributed by atoms with E-state index in [1.807, 2.05) is 0 Å². The lowest BCUT2D eigenvalue weighted by Gasteiger charge is -2.42. The molecule has 1 aliphatic heterocycles. The van der Waals surface area contributed by atoms with Gasteiger partial charge in [-0.15, -0.1) is 0 Å². The minimum atomic E-state index is -2.22. The van der Waals surface area contributed by atoms with Gasteiger partial charge in [-0.2, -0.15) is 0 Å². The van der Waals surface area contributed by atoms with Crippen LogP contribution in [0.2, 0.25) is 0 Å². The number of benzene rings is 2. The number of nitrogens with two attached hydrogens (primary N) is 1. The van der Waals surface area contributed by atoms with Gasteiger partial charge in [0.1, 0.15) is 29.5 Å². The summed E-state index contributed by atoms with van der Waals surface area (Å²) in [6.45, 7) is 0.733. The number of Topliss-reactive ketones (excluding diaryl/α,β-unsaturated/α-hetero) is 1. The molecule has 214 valence electrons. The molecule has 5 rings (SSSR count). The highest BCUT2D eigenvalue weighted by atomic mass is 16.7. The number of ether oxygens (including phenoxy) is 4. The number of methoxy groups -OCH3 is 2. The van der Waals surface area contributed by atoms with Crippen LogP contribution in [0.3, 0.4) is 0 Å². The standard InChI is InChI=1S/C28H31NO11/c1-11-27(38-3)14(29)7-18(39-11)40-16-9-28(36,17(31)10-30)8-13-20(16)26(35)22-21(24(13)33)23(32)12-5-4-6-15(37-2)19(12)25(22)34/h4-6,11,14,16,18,27,30,33,35-36H,7-10,29H2,1-3H3/t11?,14-,16+,18+,27?,28+/m1/s1. The zero-order valence-corrected chi connectivity index (χ0v) is 22.2. The van der Waals surface area contributed by atoms with Gasteiger partial charge in [0.25, 0.3) is 0 Å². The molecule has 0 amide bonds. The Balaban J connectivity index is 1.67. The summed E-state index contributed by atoms with van der Waals surface area (Å²) in [5.74, 6) is -3.66. The molecule has 0 aromatic heterocycles. The van der Waals surface area contributed by atoms with Gasteiger partial charge in [-0.05, 0) is 13.0 Å². The van der Waals surface area contributed by atoms with E-state index < -0.39 is 95.7 Å². The van der Waals surface area contributed by atoms with Crippen molar-refractivity contribution < 1.29 is 53.8 Å². The predicted molar refractivity (Wildman–Crippen MR) is 137 cm³/mol. The van der Waals surface area contributed by atoms with Crippen LogP contribution in [0.15, 0.2) is 18.2 Å². The normalized spacial score (nSPS) is 29.4. The monoisotopic (exact) mass is 557 g/mol. The Bertz CT molecular complexity index is 1390. The molecule has 1 fully saturated rings. The van der Waals surface area contributed by atoms with Crippen molar-refractivity contribution in [3.63, 3.8) is 0 Å². The largest absolute Gasteiger partial charge is 0.507 e. The number of aromatic hydroxyl groups is 2. The van der Waals surface area contributed by atoms with E-state index in [-0.39, 0.29) is 34.4 Å². The third-order valence-corrected chi connectivity index (χ3v) is 8.04. The summed E-state index contributed by atoms with van der Waals surface area (Å²) in [6, 6.07) is 3.91. The van der Waals surface area contributed by atoms with E-state index in [1.54, 1.807) is 6.92 Å². The molecule has 12 heteroatoms. The number of rotatable bonds is 6. The second-order valence-electron chi connectivity index (χ2n) is 10.4. The van der Waals surface area contributed by atoms with E-state index in [0.29, 0.717) is 0 Å². The lowest BCUT2D eigenvalue weighted by Crippen LogP contribution is -2.53. The van der Waals surface area contributed by atoms with Gasteiger partial charge in [0, 0.05) is 49.1 Å². The number of hydrogen-bond donors (Lipinski definition) is 5. The molecule has 2 aromatic carbocycles. The minimum absolute atomic E-state index is 0.0388. The minimum Gasteiger partial charge on any atom is -0.507 e. The first-order valence-corrected chi connectivity index (χ1v) is 12.8. The molecule has 2 aliphatic carbocycles. The molecule has 0 bridgehead atoms. The van der Waals surface area contributed by atoms with Crippen LogP contribution in [0, 0.1) is 0 Å². The molecule has 3 aliphatic rings. The number of phenolic OH excluding ortho intramolecular Hbond substituents is 2. The van der Waals surface area contributed by atoms with Crippen molar-refractivity contribution in [2.75, 3.05) is 20.8 Å². The summed E-state index contributed by atoms with van der Waals surface area (Å²) >= 11 is 0. The molecule has 6 N–H and O–H groups in total. The molecule has 2 unspecified atom stereocenters. The number of phenols is 2. The summed E-state index contributed by atoms with van der Waals surface area (Å²) in [5, 5.41) is 43.8. The molecule has 6 atom stereocenters. The van der Waals surface area contributed by atoms with Crippen molar-refractivity contribution in [1.29, 1.82) is 0 Å². The first-order chi connectivity index (χ1) is 19.0. The molecular formula is C28H31NO11. The molecule has 0 spiro atoms. The Hall–Kier alpha value is -3.39. The predicted octanol–water partition coefficient (Wildman–Crippen LogP) is 0.655. The second-order valence-corrected chi connectivity index (χ2v) is 10.4. The summed E-state index contributed by atoms with van der Waals surface area (Å²) in [4.78, 5) is 39.9. The van der Waals surface area contributed by atoms with Crippen LogP contribution >= 0.6 is 0 Å². The van der Waals surface area contributed by atoms with Gasteiger partial charge in [0.2, 0.25) is 5.78 Å². The number of hydrogen-bond acceptors (Lipinski definition) is 12. The first-order valence-electron chi connectivity index (χ1n) is 12.8. The van der Waals surface area contributed by atoms with Crippen molar-refractivity contribution in [2.24, 2.45) is 5.73 Å². The number of fused-ring (bicyclic) bond motifs is 3. The fraction of sp³-hybridized carbons (Fsp3) is 0.464. The Morgan fingerprint density at radius 3 is 2.45 bits per heavy atom. The van der Waals surface area contributed by atoms with E-state index in [4.69, 9.17) is 24.7 Å². The molecule has 2 aromatic rings. The highest BCUT2D eigenvalue weighted by molar-refractivity contribution is 6.31. The summed E-state index contributed by atoms with van der Waals surface area (Å²) in [5.41, 5.74) is 2.76. The maximum atomic E-state index is 13.7. The van der Waals surface area contributed by atoms with Gasteiger partial charge in [-0.1, -0.05) is 12.1 Å². The van der Waals surface area contributed by atoms with Crippen molar-refractivity contribution in [1.82, 2.24) is 0 Å². The number of aliphatic hydroxyl groups is 2. The van der Waals surface area contributed by atoms with Crippen molar-refractivity contribution in [2.45, 2.75) is 62.4 Å². The molecule has 0 saturated carbocycles. The van der Waals surface area contributed by atoms with Gasteiger partial charge >= 0.3 is 0 Å². The van der Waals surface area contributed by atoms with Crippen LogP contribution in [0.4, 0.5) is 0 Å². The second kappa shape index (κ2) is 10.2. The Morgan fingerprint density at radius 2 is 1.82 bits per heavy atom. The fourth-order valence-electron chi connectivity index (χ4n) is 6.11. The number of aliphatic hydroxyl groups excluding tert-OH is 1. The summed E-state index contributed by atoms with van der Waals surface area (Å²) in [6.07, 6.45) is -4.02. The number of carbonyl (C=O) groups is 3. The molecule has 1 heterocycles. The lowest BCUT2D eigenvalue weighted by atomic mass is 9.72. The van der Waals surface area contributed by atoms with Crippen LogP contribution in [-0.4, -0.2) is 88.7 Å². The summed E-state index contributed by atoms with van der Waals surface area (Å²) in [7, 11) is 2.83. The quantitative estimate of drug-likeness (QED) is 0.266. The van der Waals surface area contributed by atoms with Crippen LogP contribution in [0.1, 0.15) is 68.8 Å². The van der Waals surface area contributed by atoms with E-state index in [9.17, 15) is 34.8 Å². The Kier molecular flexibility index (Phi) is 7.19. The third-order valence-electron chi connectivity index (χ3n) is 8.04. The van der Waals surface area contributed by atoms with Crippen molar-refractivity contribution >= 4 is 17.3 Å². The first kappa shape index (κ1) is 28.1. The van der Waals surface area contributed by atoms with Crippen molar-refractivity contribution in [3.8, 4) is 17.2 Å². The lowest BCUT2D eigenvalue weighted by molar-refractivity contribution is -0.250. The van der Waals surface area contributed by atoms with Crippen molar-refractivity contribution in [3.05, 3.63) is 51.6 Å². The smallest absolute Gasteiger partial charge is 0.202 e. The average molecular weight is 558 g/mol. The van der Waals surface area contributed by atoms with E-state index >= 15 is 0 Å². The van der Waals surface area contributed by atoms with Gasteiger partial charge < -0.3 is 45.1 Å². The summed E-state index contributed by atoms with van der Waals surface area (Å²) < 4.78 is 22.7. The third kappa shape index (κ3) is 4.19. The van der Waals surface area contributed by atoms with Crippen LogP contribution < -0.4 is 10.5 Å². The highest BCUT2D eigenvalue weighted by Gasteiger charge is 2.50. The maximum absolute atomic E-state index is 13.7. The molecular weight excluding hydrogens is 526 g/mol. The molecule has 1 saturated heterocycles.